The third-order valence-corrected chi connectivity index (χ3v) is 2.43. The molecule has 0 spiro atoms. The molecule has 1 rings (SSSR count). The number of rotatable bonds is 4. The first-order valence-electron chi connectivity index (χ1n) is 4.48. The van der Waals surface area contributed by atoms with Crippen LogP contribution in [0.5, 0.6) is 5.75 Å². The number of nitrogens with two attached hydrogens (primary N) is 1. The van der Waals surface area contributed by atoms with Gasteiger partial charge in [-0.25, -0.2) is 0 Å². The quantitative estimate of drug-likeness (QED) is 0.713. The van der Waals surface area contributed by atoms with Crippen LogP contribution in [0.15, 0.2) is 18.2 Å². The average molecular weight is 232 g/mol. The monoisotopic (exact) mass is 231 g/mol. The number of hydrogen-bond acceptors (Lipinski definition) is 4. The molecule has 15 heavy (non-hydrogen) atoms. The summed E-state index contributed by atoms with van der Waals surface area (Å²) in [5.74, 6) is 0.533. The fraction of sp³-hybridized carbons (Fsp3) is 0.400. The predicted molar refractivity (Wildman–Crippen MR) is 58.0 cm³/mol. The number of ether oxygens (including phenoxy) is 1. The molecule has 0 saturated heterocycles. The Labute approximate surface area is 93.2 Å². The molecule has 0 aliphatic rings. The van der Waals surface area contributed by atoms with Gasteiger partial charge < -0.3 is 20.7 Å². The fourth-order valence-corrected chi connectivity index (χ4v) is 1.48. The van der Waals surface area contributed by atoms with Gasteiger partial charge in [0.05, 0.1) is 30.9 Å². The molecule has 0 aliphatic carbocycles. The van der Waals surface area contributed by atoms with E-state index in [0.717, 1.165) is 0 Å². The van der Waals surface area contributed by atoms with Crippen LogP contribution in [-0.4, -0.2) is 30.0 Å². The van der Waals surface area contributed by atoms with Crippen molar-refractivity contribution in [3.05, 3.63) is 28.8 Å². The number of hydrogen-bond donors (Lipinski definition) is 3. The molecule has 1 aromatic rings. The van der Waals surface area contributed by atoms with E-state index in [4.69, 9.17) is 27.2 Å². The van der Waals surface area contributed by atoms with Crippen LogP contribution >= 0.6 is 11.6 Å². The van der Waals surface area contributed by atoms with Crippen molar-refractivity contribution >= 4 is 11.6 Å². The molecule has 4 N–H and O–H groups in total. The number of aliphatic hydroxyl groups excluding tert-OH is 2. The largest absolute Gasteiger partial charge is 0.495 e. The first-order chi connectivity index (χ1) is 7.10. The van der Waals surface area contributed by atoms with Gasteiger partial charge in [0.1, 0.15) is 5.75 Å². The van der Waals surface area contributed by atoms with Crippen LogP contribution in [-0.2, 0) is 0 Å². The lowest BCUT2D eigenvalue weighted by atomic mass is 10.0. The van der Waals surface area contributed by atoms with Crippen molar-refractivity contribution in [3.63, 3.8) is 0 Å². The van der Waals surface area contributed by atoms with Crippen LogP contribution in [0.3, 0.4) is 0 Å². The van der Waals surface area contributed by atoms with E-state index < -0.39 is 12.1 Å². The van der Waals surface area contributed by atoms with Gasteiger partial charge in [0, 0.05) is 0 Å². The summed E-state index contributed by atoms with van der Waals surface area (Å²) in [6.07, 6.45) is -0.932. The Morgan fingerprint density at radius 1 is 1.53 bits per heavy atom. The van der Waals surface area contributed by atoms with Gasteiger partial charge in [-0.3, -0.25) is 0 Å². The molecule has 0 aliphatic heterocycles. The highest BCUT2D eigenvalue weighted by molar-refractivity contribution is 6.32. The van der Waals surface area contributed by atoms with E-state index in [1.165, 1.54) is 7.11 Å². The second-order valence-corrected chi connectivity index (χ2v) is 3.59. The average Bonchev–Trinajstić information content (AvgIpc) is 2.26. The van der Waals surface area contributed by atoms with Gasteiger partial charge in [0.15, 0.2) is 0 Å². The Hall–Kier alpha value is -0.810. The number of methoxy groups -OCH3 is 1. The standard InChI is InChI=1S/C10H14ClNO3/c1-15-9-3-2-6(4-7(9)11)10(14)8(12)5-13/h2-4,8,10,13-14H,5,12H2,1H3. The zero-order valence-corrected chi connectivity index (χ0v) is 9.11. The molecule has 2 unspecified atom stereocenters. The van der Waals surface area contributed by atoms with Gasteiger partial charge in [-0.05, 0) is 17.7 Å². The fourth-order valence-electron chi connectivity index (χ4n) is 1.21. The van der Waals surface area contributed by atoms with Gasteiger partial charge in [0.2, 0.25) is 0 Å². The van der Waals surface area contributed by atoms with E-state index in [-0.39, 0.29) is 6.61 Å². The van der Waals surface area contributed by atoms with E-state index in [0.29, 0.717) is 16.3 Å². The summed E-state index contributed by atoms with van der Waals surface area (Å²) in [7, 11) is 1.51. The Morgan fingerprint density at radius 3 is 2.67 bits per heavy atom. The van der Waals surface area contributed by atoms with Gasteiger partial charge in [-0.15, -0.1) is 0 Å². The van der Waals surface area contributed by atoms with Crippen molar-refractivity contribution in [1.29, 1.82) is 0 Å². The van der Waals surface area contributed by atoms with Gasteiger partial charge >= 0.3 is 0 Å². The molecule has 0 bridgehead atoms. The molecule has 0 fully saturated rings. The minimum Gasteiger partial charge on any atom is -0.495 e. The van der Waals surface area contributed by atoms with Crippen LogP contribution in [0.2, 0.25) is 5.02 Å². The van der Waals surface area contributed by atoms with Gasteiger partial charge in [0.25, 0.3) is 0 Å². The zero-order valence-electron chi connectivity index (χ0n) is 8.35. The normalized spacial score (nSPS) is 14.7. The Morgan fingerprint density at radius 2 is 2.20 bits per heavy atom. The Balaban J connectivity index is 2.92. The van der Waals surface area contributed by atoms with Crippen molar-refractivity contribution in [2.75, 3.05) is 13.7 Å². The number of aliphatic hydroxyl groups is 2. The molecule has 0 aromatic heterocycles. The van der Waals surface area contributed by atoms with Crippen LogP contribution in [0, 0.1) is 0 Å². The van der Waals surface area contributed by atoms with Crippen molar-refractivity contribution in [3.8, 4) is 5.75 Å². The Bertz CT molecular complexity index is 332. The lowest BCUT2D eigenvalue weighted by Crippen LogP contribution is -2.31. The molecule has 4 nitrogen and oxygen atoms in total. The zero-order chi connectivity index (χ0) is 11.4. The molecular formula is C10H14ClNO3. The van der Waals surface area contributed by atoms with Crippen molar-refractivity contribution < 1.29 is 14.9 Å². The molecular weight excluding hydrogens is 218 g/mol. The van der Waals surface area contributed by atoms with Gasteiger partial charge in [-0.1, -0.05) is 17.7 Å². The van der Waals surface area contributed by atoms with Crippen molar-refractivity contribution in [2.24, 2.45) is 5.73 Å². The first-order valence-corrected chi connectivity index (χ1v) is 4.86. The van der Waals surface area contributed by atoms with Crippen LogP contribution < -0.4 is 10.5 Å². The van der Waals surface area contributed by atoms with Crippen LogP contribution in [0.4, 0.5) is 0 Å². The molecule has 2 atom stereocenters. The highest BCUT2D eigenvalue weighted by Gasteiger charge is 2.17. The van der Waals surface area contributed by atoms with E-state index in [9.17, 15) is 5.11 Å². The maximum Gasteiger partial charge on any atom is 0.137 e. The molecule has 0 saturated carbocycles. The molecule has 5 heteroatoms. The van der Waals surface area contributed by atoms with E-state index in [2.05, 4.69) is 0 Å². The summed E-state index contributed by atoms with van der Waals surface area (Å²) >= 11 is 5.88. The van der Waals surface area contributed by atoms with E-state index >= 15 is 0 Å². The summed E-state index contributed by atoms with van der Waals surface area (Å²) in [5.41, 5.74) is 6.05. The highest BCUT2D eigenvalue weighted by Crippen LogP contribution is 2.28. The summed E-state index contributed by atoms with van der Waals surface area (Å²) in [4.78, 5) is 0. The van der Waals surface area contributed by atoms with Crippen molar-refractivity contribution in [2.45, 2.75) is 12.1 Å². The molecule has 0 heterocycles. The minimum atomic E-state index is -0.932. The molecule has 84 valence electrons. The van der Waals surface area contributed by atoms with Gasteiger partial charge in [-0.2, -0.15) is 0 Å². The second-order valence-electron chi connectivity index (χ2n) is 3.19. The number of benzene rings is 1. The second kappa shape index (κ2) is 5.32. The smallest absolute Gasteiger partial charge is 0.137 e. The number of halogens is 1. The van der Waals surface area contributed by atoms with E-state index in [1.807, 2.05) is 0 Å². The highest BCUT2D eigenvalue weighted by atomic mass is 35.5. The van der Waals surface area contributed by atoms with E-state index in [1.54, 1.807) is 18.2 Å². The maximum atomic E-state index is 9.69. The topological polar surface area (TPSA) is 75.7 Å². The van der Waals surface area contributed by atoms with Crippen molar-refractivity contribution in [1.82, 2.24) is 0 Å². The van der Waals surface area contributed by atoms with Crippen LogP contribution in [0.25, 0.3) is 0 Å². The Kier molecular flexibility index (Phi) is 4.35. The molecule has 0 amide bonds. The minimum absolute atomic E-state index is 0.287. The summed E-state index contributed by atoms with van der Waals surface area (Å²) in [6, 6.07) is 4.16. The third kappa shape index (κ3) is 2.82. The third-order valence-electron chi connectivity index (χ3n) is 2.13. The summed E-state index contributed by atoms with van der Waals surface area (Å²) in [5, 5.41) is 18.9. The van der Waals surface area contributed by atoms with Crippen LogP contribution in [0.1, 0.15) is 11.7 Å². The first kappa shape index (κ1) is 12.3. The SMILES string of the molecule is COc1ccc(C(O)C(N)CO)cc1Cl. The molecule has 0 radical (unpaired) electrons. The molecule has 1 aromatic carbocycles. The summed E-state index contributed by atoms with van der Waals surface area (Å²) < 4.78 is 4.97. The predicted octanol–water partition coefficient (Wildman–Crippen LogP) is 0.702. The lowest BCUT2D eigenvalue weighted by molar-refractivity contribution is 0.109. The summed E-state index contributed by atoms with van der Waals surface area (Å²) in [6.45, 7) is -0.287. The lowest BCUT2D eigenvalue weighted by Gasteiger charge is -2.17. The maximum absolute atomic E-state index is 9.69.